The van der Waals surface area contributed by atoms with E-state index in [1.165, 1.54) is 6.42 Å². The van der Waals surface area contributed by atoms with Gasteiger partial charge in [-0.05, 0) is 136 Å². The van der Waals surface area contributed by atoms with Crippen molar-refractivity contribution in [2.75, 3.05) is 0 Å². The molecule has 0 nitrogen and oxygen atoms in total. The number of rotatable bonds is 4. The molecular formula is C24H38. The maximum atomic E-state index is 2.49. The summed E-state index contributed by atoms with van der Waals surface area (Å²) >= 11 is 0. The summed E-state index contributed by atoms with van der Waals surface area (Å²) in [5.41, 5.74) is 1.63. The van der Waals surface area contributed by atoms with Crippen molar-refractivity contribution in [1.29, 1.82) is 0 Å². The number of hydrogen-bond donors (Lipinski definition) is 0. The highest BCUT2D eigenvalue weighted by Crippen LogP contribution is 2.72. The van der Waals surface area contributed by atoms with Gasteiger partial charge >= 0.3 is 0 Å². The van der Waals surface area contributed by atoms with Crippen molar-refractivity contribution in [1.82, 2.24) is 0 Å². The molecule has 8 rings (SSSR count). The Labute approximate surface area is 149 Å². The first-order valence-electron chi connectivity index (χ1n) is 11.7. The van der Waals surface area contributed by atoms with Gasteiger partial charge in [-0.3, -0.25) is 0 Å². The van der Waals surface area contributed by atoms with E-state index in [0.717, 1.165) is 52.3 Å². The van der Waals surface area contributed by atoms with Crippen molar-refractivity contribution in [2.24, 2.45) is 52.3 Å². The molecule has 0 aromatic carbocycles. The smallest absolute Gasteiger partial charge is 0.0256 e. The predicted octanol–water partition coefficient (Wildman–Crippen LogP) is 6.84. The standard InChI is InChI=1S/C24H38/c1-2-3-22(23-10-16-4-17(11-23)6-18(5-16)12-23)24-13-19-7-20(14-24)9-21(8-19)15-24/h16-22H,2-15H2,1H3. The summed E-state index contributed by atoms with van der Waals surface area (Å²) in [6.07, 6.45) is 22.7. The van der Waals surface area contributed by atoms with Crippen molar-refractivity contribution in [3.8, 4) is 0 Å². The molecule has 0 aromatic heterocycles. The Morgan fingerprint density at radius 3 is 1.12 bits per heavy atom. The van der Waals surface area contributed by atoms with Crippen LogP contribution < -0.4 is 0 Å². The van der Waals surface area contributed by atoms with Crippen molar-refractivity contribution in [2.45, 2.75) is 96.8 Å². The van der Waals surface area contributed by atoms with Crippen LogP contribution in [0.25, 0.3) is 0 Å². The third-order valence-electron chi connectivity index (χ3n) is 10.2. The molecule has 8 fully saturated rings. The molecule has 0 saturated heterocycles. The monoisotopic (exact) mass is 326 g/mol. The van der Waals surface area contributed by atoms with Gasteiger partial charge in [0.1, 0.15) is 0 Å². The van der Waals surface area contributed by atoms with Crippen LogP contribution in [0.3, 0.4) is 0 Å². The zero-order valence-corrected chi connectivity index (χ0v) is 15.9. The average molecular weight is 327 g/mol. The van der Waals surface area contributed by atoms with Gasteiger partial charge in [0.2, 0.25) is 0 Å². The zero-order chi connectivity index (χ0) is 15.9. The first-order valence-corrected chi connectivity index (χ1v) is 11.7. The van der Waals surface area contributed by atoms with Crippen LogP contribution >= 0.6 is 0 Å². The molecule has 0 heterocycles. The van der Waals surface area contributed by atoms with E-state index in [1.807, 2.05) is 0 Å². The normalized spacial score (nSPS) is 58.4. The topological polar surface area (TPSA) is 0 Å². The van der Waals surface area contributed by atoms with E-state index < -0.39 is 0 Å². The minimum Gasteiger partial charge on any atom is -0.0654 e. The molecule has 24 heavy (non-hydrogen) atoms. The Morgan fingerprint density at radius 1 is 0.583 bits per heavy atom. The second-order valence-corrected chi connectivity index (χ2v) is 11.9. The van der Waals surface area contributed by atoms with E-state index >= 15 is 0 Å². The maximum absolute atomic E-state index is 2.49. The summed E-state index contributed by atoms with van der Waals surface area (Å²) in [5.74, 6) is 7.98. The molecule has 0 aliphatic heterocycles. The van der Waals surface area contributed by atoms with E-state index in [9.17, 15) is 0 Å². The SMILES string of the molecule is CCCC(C12CC3CC(CC(C3)C1)C2)C12CC3CC(CC(C3)C1)C2. The van der Waals surface area contributed by atoms with Gasteiger partial charge < -0.3 is 0 Å². The van der Waals surface area contributed by atoms with Gasteiger partial charge in [0.15, 0.2) is 0 Å². The highest BCUT2D eigenvalue weighted by Gasteiger charge is 2.62. The second-order valence-electron chi connectivity index (χ2n) is 11.9. The summed E-state index contributed by atoms with van der Waals surface area (Å²) in [6.45, 7) is 2.49. The summed E-state index contributed by atoms with van der Waals surface area (Å²) in [5, 5.41) is 0. The van der Waals surface area contributed by atoms with Gasteiger partial charge in [-0.25, -0.2) is 0 Å². The van der Waals surface area contributed by atoms with Crippen LogP contribution in [-0.2, 0) is 0 Å². The molecule has 8 aliphatic rings. The molecule has 0 amide bonds. The Balaban J connectivity index is 1.38. The molecule has 8 aliphatic carbocycles. The average Bonchev–Trinajstić information content (AvgIpc) is 2.49. The minimum absolute atomic E-state index is 0.816. The van der Waals surface area contributed by atoms with Crippen molar-refractivity contribution >= 4 is 0 Å². The van der Waals surface area contributed by atoms with Crippen molar-refractivity contribution < 1.29 is 0 Å². The van der Waals surface area contributed by atoms with E-state index in [1.54, 1.807) is 83.5 Å². The lowest BCUT2D eigenvalue weighted by Gasteiger charge is -2.67. The fourth-order valence-electron chi connectivity index (χ4n) is 10.8. The van der Waals surface area contributed by atoms with Gasteiger partial charge in [-0.1, -0.05) is 13.3 Å². The third kappa shape index (κ3) is 2.04. The van der Waals surface area contributed by atoms with Crippen LogP contribution in [0, 0.1) is 52.3 Å². The van der Waals surface area contributed by atoms with Gasteiger partial charge in [-0.15, -0.1) is 0 Å². The molecule has 0 atom stereocenters. The fraction of sp³-hybridized carbons (Fsp3) is 1.00. The molecule has 0 aromatic rings. The first-order chi connectivity index (χ1) is 11.7. The van der Waals surface area contributed by atoms with Crippen LogP contribution in [-0.4, -0.2) is 0 Å². The number of hydrogen-bond acceptors (Lipinski definition) is 0. The lowest BCUT2D eigenvalue weighted by Crippen LogP contribution is -2.58. The summed E-state index contributed by atoms with van der Waals surface area (Å²) in [4.78, 5) is 0. The Kier molecular flexibility index (Phi) is 3.17. The Bertz CT molecular complexity index is 400. The quantitative estimate of drug-likeness (QED) is 0.531. The molecule has 8 bridgehead atoms. The van der Waals surface area contributed by atoms with Gasteiger partial charge in [0.05, 0.1) is 0 Å². The molecule has 0 unspecified atom stereocenters. The minimum atomic E-state index is 0.816. The molecule has 0 radical (unpaired) electrons. The van der Waals surface area contributed by atoms with Crippen LogP contribution in [0.2, 0.25) is 0 Å². The van der Waals surface area contributed by atoms with Gasteiger partial charge in [0, 0.05) is 0 Å². The molecule has 134 valence electrons. The van der Waals surface area contributed by atoms with Crippen LogP contribution in [0.15, 0.2) is 0 Å². The molecule has 8 saturated carbocycles. The van der Waals surface area contributed by atoms with Crippen LogP contribution in [0.1, 0.15) is 96.8 Å². The first kappa shape index (κ1) is 15.1. The maximum Gasteiger partial charge on any atom is -0.0256 e. The molecule has 0 spiro atoms. The van der Waals surface area contributed by atoms with Crippen LogP contribution in [0.4, 0.5) is 0 Å². The molecule has 0 heteroatoms. The van der Waals surface area contributed by atoms with E-state index in [-0.39, 0.29) is 0 Å². The largest absolute Gasteiger partial charge is 0.0654 e. The predicted molar refractivity (Wildman–Crippen MR) is 99.6 cm³/mol. The van der Waals surface area contributed by atoms with E-state index in [0.29, 0.717) is 0 Å². The van der Waals surface area contributed by atoms with E-state index in [4.69, 9.17) is 0 Å². The molecular weight excluding hydrogens is 288 g/mol. The highest BCUT2D eigenvalue weighted by molar-refractivity contribution is 5.12. The van der Waals surface area contributed by atoms with Crippen LogP contribution in [0.5, 0.6) is 0 Å². The lowest BCUT2D eigenvalue weighted by molar-refractivity contribution is -0.174. The van der Waals surface area contributed by atoms with E-state index in [2.05, 4.69) is 6.92 Å². The highest BCUT2D eigenvalue weighted by atomic mass is 14.7. The third-order valence-corrected chi connectivity index (χ3v) is 10.2. The summed E-state index contributed by atoms with van der Waals surface area (Å²) in [6, 6.07) is 0. The summed E-state index contributed by atoms with van der Waals surface area (Å²) < 4.78 is 0. The lowest BCUT2D eigenvalue weighted by atomic mass is 9.38. The second kappa shape index (κ2) is 5.04. The van der Waals surface area contributed by atoms with Crippen molar-refractivity contribution in [3.63, 3.8) is 0 Å². The Hall–Kier alpha value is 0. The van der Waals surface area contributed by atoms with Gasteiger partial charge in [0.25, 0.3) is 0 Å². The summed E-state index contributed by atoms with van der Waals surface area (Å²) in [7, 11) is 0. The zero-order valence-electron chi connectivity index (χ0n) is 15.9. The molecule has 0 N–H and O–H groups in total. The Morgan fingerprint density at radius 2 is 0.875 bits per heavy atom. The van der Waals surface area contributed by atoms with Crippen molar-refractivity contribution in [3.05, 3.63) is 0 Å². The fourth-order valence-corrected chi connectivity index (χ4v) is 10.8. The van der Waals surface area contributed by atoms with Gasteiger partial charge in [-0.2, -0.15) is 0 Å².